The van der Waals surface area contributed by atoms with Gasteiger partial charge < -0.3 is 31.5 Å². The molecule has 3 rings (SSSR count). The minimum absolute atomic E-state index is 0.00116. The van der Waals surface area contributed by atoms with E-state index in [2.05, 4.69) is 25.9 Å². The SMILES string of the molecule is CCC(C)CNC(=O)C(N)[C@@H](O)[C@H](CC(C)C)C(=O)C(Cc1cscn1)NC(=O)[C@H](Cc1ccncc1)NC(=O)OCc1ccccc1. The van der Waals surface area contributed by atoms with E-state index in [4.69, 9.17) is 10.5 Å². The van der Waals surface area contributed by atoms with E-state index >= 15 is 0 Å². The molecule has 3 unspecified atom stereocenters. The number of pyridine rings is 1. The van der Waals surface area contributed by atoms with Crippen molar-refractivity contribution in [3.8, 4) is 0 Å². The normalized spacial score (nSPS) is 15.0. The second kappa shape index (κ2) is 19.6. The monoisotopic (exact) mass is 680 g/mol. The van der Waals surface area contributed by atoms with Gasteiger partial charge in [0.25, 0.3) is 0 Å². The largest absolute Gasteiger partial charge is 0.445 e. The Morgan fingerprint density at radius 2 is 1.65 bits per heavy atom. The number of alkyl carbamates (subject to hydrolysis) is 1. The second-order valence-electron chi connectivity index (χ2n) is 12.5. The van der Waals surface area contributed by atoms with Crippen LogP contribution in [0.4, 0.5) is 4.79 Å². The molecule has 3 amide bonds. The number of benzene rings is 1. The quantitative estimate of drug-likeness (QED) is 0.127. The van der Waals surface area contributed by atoms with E-state index in [0.29, 0.717) is 12.2 Å². The Morgan fingerprint density at radius 3 is 2.27 bits per heavy atom. The number of thiazole rings is 1. The van der Waals surface area contributed by atoms with Gasteiger partial charge in [0.05, 0.1) is 23.4 Å². The molecule has 260 valence electrons. The Bertz CT molecular complexity index is 1430. The predicted molar refractivity (Wildman–Crippen MR) is 184 cm³/mol. The van der Waals surface area contributed by atoms with Crippen LogP contribution < -0.4 is 21.7 Å². The zero-order chi connectivity index (χ0) is 35.1. The Balaban J connectivity index is 1.84. The second-order valence-corrected chi connectivity index (χ2v) is 13.2. The minimum atomic E-state index is -1.51. The van der Waals surface area contributed by atoms with Crippen molar-refractivity contribution < 1.29 is 29.0 Å². The van der Waals surface area contributed by atoms with E-state index in [-0.39, 0.29) is 37.7 Å². The number of Topliss-reactive ketones (excluding diaryl/α,β-unsaturated/α-hetero) is 1. The summed E-state index contributed by atoms with van der Waals surface area (Å²) in [7, 11) is 0. The average Bonchev–Trinajstić information content (AvgIpc) is 3.61. The van der Waals surface area contributed by atoms with Gasteiger partial charge in [0.1, 0.15) is 18.7 Å². The zero-order valence-corrected chi connectivity index (χ0v) is 28.8. The highest BCUT2D eigenvalue weighted by Gasteiger charge is 2.39. The zero-order valence-electron chi connectivity index (χ0n) is 28.0. The molecule has 0 aliphatic rings. The maximum absolute atomic E-state index is 14.3. The number of aromatic nitrogens is 2. The number of aliphatic hydroxyl groups is 1. The molecule has 0 fully saturated rings. The van der Waals surface area contributed by atoms with Crippen molar-refractivity contribution in [2.45, 2.75) is 84.2 Å². The van der Waals surface area contributed by atoms with Crippen molar-refractivity contribution in [2.24, 2.45) is 23.5 Å². The lowest BCUT2D eigenvalue weighted by Crippen LogP contribution is -2.57. The third-order valence-corrected chi connectivity index (χ3v) is 8.70. The fourth-order valence-corrected chi connectivity index (χ4v) is 5.62. The Labute approximate surface area is 286 Å². The lowest BCUT2D eigenvalue weighted by atomic mass is 9.81. The summed E-state index contributed by atoms with van der Waals surface area (Å²) < 4.78 is 5.39. The Morgan fingerprint density at radius 1 is 0.938 bits per heavy atom. The first-order valence-electron chi connectivity index (χ1n) is 16.3. The molecule has 12 nitrogen and oxygen atoms in total. The topological polar surface area (TPSA) is 186 Å². The molecule has 0 radical (unpaired) electrons. The first-order valence-corrected chi connectivity index (χ1v) is 17.2. The molecule has 0 saturated heterocycles. The first kappa shape index (κ1) is 38.2. The van der Waals surface area contributed by atoms with Crippen molar-refractivity contribution in [3.63, 3.8) is 0 Å². The molecule has 1 aromatic carbocycles. The van der Waals surface area contributed by atoms with Crippen LogP contribution in [0.25, 0.3) is 0 Å². The van der Waals surface area contributed by atoms with Crippen LogP contribution in [0.3, 0.4) is 0 Å². The maximum Gasteiger partial charge on any atom is 0.408 e. The van der Waals surface area contributed by atoms with Gasteiger partial charge in [-0.3, -0.25) is 19.4 Å². The highest BCUT2D eigenvalue weighted by molar-refractivity contribution is 7.07. The molecular weight excluding hydrogens is 632 g/mol. The number of ketones is 1. The van der Waals surface area contributed by atoms with Crippen molar-refractivity contribution in [1.29, 1.82) is 0 Å². The van der Waals surface area contributed by atoms with Gasteiger partial charge >= 0.3 is 6.09 Å². The van der Waals surface area contributed by atoms with E-state index in [0.717, 1.165) is 17.5 Å². The molecule has 3 aromatic rings. The van der Waals surface area contributed by atoms with Gasteiger partial charge in [-0.2, -0.15) is 0 Å². The number of nitrogens with one attached hydrogen (secondary N) is 3. The van der Waals surface area contributed by atoms with E-state index in [1.165, 1.54) is 11.3 Å². The van der Waals surface area contributed by atoms with Gasteiger partial charge in [0.2, 0.25) is 11.8 Å². The Hall–Kier alpha value is -4.20. The predicted octanol–water partition coefficient (Wildman–Crippen LogP) is 3.19. The number of carbonyl (C=O) groups is 4. The van der Waals surface area contributed by atoms with Crippen LogP contribution in [0.1, 0.15) is 57.4 Å². The fraction of sp³-hybridized carbons (Fsp3) is 0.486. The molecule has 2 heterocycles. The molecule has 0 aliphatic heterocycles. The summed E-state index contributed by atoms with van der Waals surface area (Å²) in [4.78, 5) is 62.3. The van der Waals surface area contributed by atoms with Crippen molar-refractivity contribution in [1.82, 2.24) is 25.9 Å². The highest BCUT2D eigenvalue weighted by Crippen LogP contribution is 2.22. The molecular formula is C35H48N6O6S. The van der Waals surface area contributed by atoms with Crippen molar-refractivity contribution in [3.05, 3.63) is 82.6 Å². The minimum Gasteiger partial charge on any atom is -0.445 e. The van der Waals surface area contributed by atoms with Crippen LogP contribution in [0.2, 0.25) is 0 Å². The Kier molecular flexibility index (Phi) is 15.6. The van der Waals surface area contributed by atoms with Crippen LogP contribution in [0, 0.1) is 17.8 Å². The summed E-state index contributed by atoms with van der Waals surface area (Å²) in [5.74, 6) is -2.57. The van der Waals surface area contributed by atoms with Gasteiger partial charge in [-0.05, 0) is 41.5 Å². The number of hydrogen-bond donors (Lipinski definition) is 5. The van der Waals surface area contributed by atoms with Crippen LogP contribution in [0.5, 0.6) is 0 Å². The number of rotatable bonds is 19. The summed E-state index contributed by atoms with van der Waals surface area (Å²) in [5, 5.41) is 21.4. The van der Waals surface area contributed by atoms with Gasteiger partial charge in [-0.1, -0.05) is 64.4 Å². The van der Waals surface area contributed by atoms with E-state index in [9.17, 15) is 24.3 Å². The standard InChI is InChI=1S/C35H48N6O6S/c1-5-23(4)18-38-34(45)30(36)32(43)27(15-22(2)3)31(42)28(17-26-20-48-21-39-26)40-33(44)29(16-24-11-13-37-14-12-24)41-35(46)47-19-25-9-7-6-8-10-25/h6-14,20-23,27-30,32,43H,5,15-19,36H2,1-4H3,(H,38,45)(H,40,44)(H,41,46)/t23?,27-,28?,29+,30?,32+/m1/s1. The molecule has 48 heavy (non-hydrogen) atoms. The van der Waals surface area contributed by atoms with Gasteiger partial charge in [-0.15, -0.1) is 11.3 Å². The summed E-state index contributed by atoms with van der Waals surface area (Å²) in [5.41, 5.74) is 9.90. The van der Waals surface area contributed by atoms with Crippen molar-refractivity contribution in [2.75, 3.05) is 6.54 Å². The van der Waals surface area contributed by atoms with Gasteiger partial charge in [-0.25, -0.2) is 9.78 Å². The lowest BCUT2D eigenvalue weighted by molar-refractivity contribution is -0.136. The maximum atomic E-state index is 14.3. The fourth-order valence-electron chi connectivity index (χ4n) is 5.05. The van der Waals surface area contributed by atoms with Crippen molar-refractivity contribution >= 4 is 35.0 Å². The number of nitrogens with zero attached hydrogens (tertiary/aromatic N) is 2. The average molecular weight is 681 g/mol. The third-order valence-electron chi connectivity index (χ3n) is 8.06. The van der Waals surface area contributed by atoms with E-state index in [1.54, 1.807) is 35.4 Å². The molecule has 6 atom stereocenters. The number of hydrogen-bond acceptors (Lipinski definition) is 10. The molecule has 13 heteroatoms. The molecule has 0 spiro atoms. The molecule has 2 aromatic heterocycles. The van der Waals surface area contributed by atoms with Gasteiger partial charge in [0.15, 0.2) is 5.78 Å². The molecule has 6 N–H and O–H groups in total. The molecule has 0 saturated carbocycles. The summed E-state index contributed by atoms with van der Waals surface area (Å²) in [6, 6.07) is 8.94. The third kappa shape index (κ3) is 12.4. The lowest BCUT2D eigenvalue weighted by Gasteiger charge is -2.31. The summed E-state index contributed by atoms with van der Waals surface area (Å²) in [6.07, 6.45) is 2.03. The van der Waals surface area contributed by atoms with E-state index < -0.39 is 53.8 Å². The number of ether oxygens (including phenoxy) is 1. The molecule has 0 aliphatic carbocycles. The van der Waals surface area contributed by atoms with Crippen LogP contribution in [-0.2, 0) is 38.6 Å². The van der Waals surface area contributed by atoms with E-state index in [1.807, 2.05) is 58.0 Å². The van der Waals surface area contributed by atoms with Crippen LogP contribution in [-0.4, -0.2) is 69.5 Å². The van der Waals surface area contributed by atoms with Gasteiger partial charge in [0, 0.05) is 43.1 Å². The molecule has 0 bridgehead atoms. The number of carbonyl (C=O) groups excluding carboxylic acids is 4. The number of nitrogens with two attached hydrogens (primary N) is 1. The number of amides is 3. The number of aliphatic hydroxyl groups excluding tert-OH is 1. The smallest absolute Gasteiger partial charge is 0.408 e. The first-order chi connectivity index (χ1) is 23.0. The van der Waals surface area contributed by atoms with Crippen LogP contribution >= 0.6 is 11.3 Å². The summed E-state index contributed by atoms with van der Waals surface area (Å²) >= 11 is 1.34. The highest BCUT2D eigenvalue weighted by atomic mass is 32.1. The van der Waals surface area contributed by atoms with Crippen LogP contribution in [0.15, 0.2) is 65.7 Å². The summed E-state index contributed by atoms with van der Waals surface area (Å²) in [6.45, 7) is 8.17.